The molecule has 0 atom stereocenters. The third-order valence-corrected chi connectivity index (χ3v) is 4.44. The molecule has 0 saturated heterocycles. The third kappa shape index (κ3) is 2.59. The Balaban J connectivity index is 1.61. The Hall–Kier alpha value is -3.34. The molecular weight excluding hydrogens is 312 g/mol. The molecule has 0 unspecified atom stereocenters. The number of nitrogens with zero attached hydrogens (tertiary/aromatic N) is 2. The van der Waals surface area contributed by atoms with E-state index < -0.39 is 0 Å². The number of fused-ring (bicyclic) bond motifs is 2. The second-order valence-corrected chi connectivity index (χ2v) is 6.08. The van der Waals surface area contributed by atoms with Crippen LogP contribution in [0.25, 0.3) is 21.8 Å². The Bertz CT molecular complexity index is 1120. The molecule has 2 N–H and O–H groups in total. The number of carbonyl (C=O) groups excluding carboxylic acids is 1. The van der Waals surface area contributed by atoms with E-state index in [0.29, 0.717) is 5.56 Å². The molecule has 0 aliphatic carbocycles. The number of benzene rings is 2. The van der Waals surface area contributed by atoms with Gasteiger partial charge < -0.3 is 9.55 Å². The maximum Gasteiger partial charge on any atom is 0.273 e. The highest BCUT2D eigenvalue weighted by atomic mass is 16.2. The lowest BCUT2D eigenvalue weighted by atomic mass is 10.1. The second kappa shape index (κ2) is 5.94. The van der Waals surface area contributed by atoms with E-state index in [9.17, 15) is 4.79 Å². The summed E-state index contributed by atoms with van der Waals surface area (Å²) in [5.74, 6) is -0.217. The van der Waals surface area contributed by atoms with Crippen molar-refractivity contribution in [2.24, 2.45) is 12.1 Å². The maximum absolute atomic E-state index is 12.5. The first kappa shape index (κ1) is 15.2. The van der Waals surface area contributed by atoms with Crippen molar-refractivity contribution in [3.05, 3.63) is 71.5 Å². The highest BCUT2D eigenvalue weighted by molar-refractivity contribution is 6.07. The zero-order valence-electron chi connectivity index (χ0n) is 14.1. The third-order valence-electron chi connectivity index (χ3n) is 4.44. The van der Waals surface area contributed by atoms with Crippen LogP contribution in [0, 0.1) is 6.92 Å². The molecule has 0 fully saturated rings. The zero-order valence-corrected chi connectivity index (χ0v) is 14.1. The van der Waals surface area contributed by atoms with Crippen LogP contribution >= 0.6 is 0 Å². The molecule has 124 valence electrons. The first-order chi connectivity index (χ1) is 12.1. The standard InChI is InChI=1S/C20H18N4O/c1-13-16(14-7-3-5-9-18(14)22-13)11-21-23-20(25)17-12-24(2)19-10-6-4-8-15(17)19/h3-12,22H,1-2H3,(H,23,25)/b21-11-. The van der Waals surface area contributed by atoms with E-state index in [1.807, 2.05) is 73.3 Å². The minimum Gasteiger partial charge on any atom is -0.358 e. The van der Waals surface area contributed by atoms with E-state index in [1.165, 1.54) is 0 Å². The smallest absolute Gasteiger partial charge is 0.273 e. The van der Waals surface area contributed by atoms with E-state index >= 15 is 0 Å². The molecular formula is C20H18N4O. The van der Waals surface area contributed by atoms with Crippen molar-refractivity contribution in [3.8, 4) is 0 Å². The lowest BCUT2D eigenvalue weighted by Crippen LogP contribution is -2.17. The second-order valence-electron chi connectivity index (χ2n) is 6.08. The Morgan fingerprint density at radius 2 is 1.84 bits per heavy atom. The summed E-state index contributed by atoms with van der Waals surface area (Å²) < 4.78 is 1.94. The maximum atomic E-state index is 12.5. The fourth-order valence-corrected chi connectivity index (χ4v) is 3.20. The number of para-hydroxylation sites is 2. The summed E-state index contributed by atoms with van der Waals surface area (Å²) in [6.07, 6.45) is 3.52. The van der Waals surface area contributed by atoms with Gasteiger partial charge >= 0.3 is 0 Å². The van der Waals surface area contributed by atoms with Crippen LogP contribution in [-0.4, -0.2) is 21.7 Å². The SMILES string of the molecule is Cc1[nH]c2ccccc2c1/C=N\NC(=O)c1cn(C)c2ccccc12. The highest BCUT2D eigenvalue weighted by Gasteiger charge is 2.13. The molecule has 0 aliphatic rings. The number of H-pyrrole nitrogens is 1. The van der Waals surface area contributed by atoms with Crippen LogP contribution in [0.5, 0.6) is 0 Å². The number of aromatic nitrogens is 2. The minimum absolute atomic E-state index is 0.217. The van der Waals surface area contributed by atoms with Gasteiger partial charge in [0.1, 0.15) is 0 Å². The van der Waals surface area contributed by atoms with Gasteiger partial charge in [0.25, 0.3) is 5.91 Å². The fourth-order valence-electron chi connectivity index (χ4n) is 3.20. The number of aryl methyl sites for hydroxylation is 2. The average Bonchev–Trinajstić information content (AvgIpc) is 3.13. The van der Waals surface area contributed by atoms with Gasteiger partial charge in [-0.25, -0.2) is 5.43 Å². The molecule has 4 aromatic rings. The summed E-state index contributed by atoms with van der Waals surface area (Å²) in [6, 6.07) is 15.9. The number of hydrazone groups is 1. The quantitative estimate of drug-likeness (QED) is 0.436. The van der Waals surface area contributed by atoms with Crippen LogP contribution in [0.3, 0.4) is 0 Å². The number of nitrogens with one attached hydrogen (secondary N) is 2. The summed E-state index contributed by atoms with van der Waals surface area (Å²) in [5, 5.41) is 6.17. The summed E-state index contributed by atoms with van der Waals surface area (Å²) in [4.78, 5) is 15.8. The van der Waals surface area contributed by atoms with E-state index in [0.717, 1.165) is 33.1 Å². The molecule has 0 spiro atoms. The molecule has 2 aromatic heterocycles. The van der Waals surface area contributed by atoms with Gasteiger partial charge in [0.2, 0.25) is 0 Å². The lowest BCUT2D eigenvalue weighted by Gasteiger charge is -1.98. The van der Waals surface area contributed by atoms with Crippen LogP contribution in [0.4, 0.5) is 0 Å². The molecule has 4 rings (SSSR count). The van der Waals surface area contributed by atoms with Gasteiger partial charge in [-0.15, -0.1) is 0 Å². The van der Waals surface area contributed by atoms with Gasteiger partial charge in [0.05, 0.1) is 11.8 Å². The molecule has 5 heteroatoms. The summed E-state index contributed by atoms with van der Waals surface area (Å²) in [5.41, 5.74) is 7.33. The van der Waals surface area contributed by atoms with Crippen molar-refractivity contribution in [1.82, 2.24) is 15.0 Å². The molecule has 2 heterocycles. The minimum atomic E-state index is -0.217. The first-order valence-corrected chi connectivity index (χ1v) is 8.10. The molecule has 2 aromatic carbocycles. The molecule has 5 nitrogen and oxygen atoms in total. The zero-order chi connectivity index (χ0) is 17.4. The largest absolute Gasteiger partial charge is 0.358 e. The number of hydrogen-bond acceptors (Lipinski definition) is 2. The normalized spacial score (nSPS) is 11.6. The molecule has 0 aliphatic heterocycles. The van der Waals surface area contributed by atoms with Gasteiger partial charge in [-0.2, -0.15) is 5.10 Å². The Morgan fingerprint density at radius 3 is 2.68 bits per heavy atom. The van der Waals surface area contributed by atoms with Crippen molar-refractivity contribution in [2.45, 2.75) is 6.92 Å². The van der Waals surface area contributed by atoms with E-state index in [-0.39, 0.29) is 5.91 Å². The van der Waals surface area contributed by atoms with Gasteiger partial charge in [-0.05, 0) is 19.1 Å². The molecule has 1 amide bonds. The van der Waals surface area contributed by atoms with Crippen molar-refractivity contribution < 1.29 is 4.79 Å². The number of aromatic amines is 1. The van der Waals surface area contributed by atoms with E-state index in [1.54, 1.807) is 6.21 Å². The number of carbonyl (C=O) groups is 1. The molecule has 25 heavy (non-hydrogen) atoms. The summed E-state index contributed by atoms with van der Waals surface area (Å²) in [6.45, 7) is 1.99. The Labute approximate surface area is 145 Å². The van der Waals surface area contributed by atoms with Crippen LogP contribution < -0.4 is 5.43 Å². The number of amides is 1. The fraction of sp³-hybridized carbons (Fsp3) is 0.100. The summed E-state index contributed by atoms with van der Waals surface area (Å²) in [7, 11) is 1.93. The summed E-state index contributed by atoms with van der Waals surface area (Å²) >= 11 is 0. The van der Waals surface area contributed by atoms with E-state index in [4.69, 9.17) is 0 Å². The van der Waals surface area contributed by atoms with Crippen molar-refractivity contribution in [3.63, 3.8) is 0 Å². The van der Waals surface area contributed by atoms with Crippen LogP contribution in [0.15, 0.2) is 59.8 Å². The van der Waals surface area contributed by atoms with Crippen LogP contribution in [-0.2, 0) is 7.05 Å². The number of hydrogen-bond donors (Lipinski definition) is 2. The Kier molecular flexibility index (Phi) is 3.61. The first-order valence-electron chi connectivity index (χ1n) is 8.10. The predicted octanol–water partition coefficient (Wildman–Crippen LogP) is 3.73. The molecule has 0 saturated carbocycles. The molecule has 0 radical (unpaired) electrons. The lowest BCUT2D eigenvalue weighted by molar-refractivity contribution is 0.0956. The predicted molar refractivity (Wildman–Crippen MR) is 101 cm³/mol. The van der Waals surface area contributed by atoms with Gasteiger partial charge in [0, 0.05) is 46.3 Å². The van der Waals surface area contributed by atoms with Crippen LogP contribution in [0.1, 0.15) is 21.6 Å². The van der Waals surface area contributed by atoms with Crippen molar-refractivity contribution in [1.29, 1.82) is 0 Å². The van der Waals surface area contributed by atoms with Gasteiger partial charge in [-0.3, -0.25) is 4.79 Å². The van der Waals surface area contributed by atoms with E-state index in [2.05, 4.69) is 15.5 Å². The highest BCUT2D eigenvalue weighted by Crippen LogP contribution is 2.21. The molecule has 0 bridgehead atoms. The Morgan fingerprint density at radius 1 is 1.12 bits per heavy atom. The van der Waals surface area contributed by atoms with Crippen LogP contribution in [0.2, 0.25) is 0 Å². The van der Waals surface area contributed by atoms with Gasteiger partial charge in [-0.1, -0.05) is 36.4 Å². The number of rotatable bonds is 3. The van der Waals surface area contributed by atoms with Gasteiger partial charge in [0.15, 0.2) is 0 Å². The van der Waals surface area contributed by atoms with Crippen molar-refractivity contribution in [2.75, 3.05) is 0 Å². The monoisotopic (exact) mass is 330 g/mol. The van der Waals surface area contributed by atoms with Crippen molar-refractivity contribution >= 4 is 33.9 Å². The average molecular weight is 330 g/mol. The topological polar surface area (TPSA) is 62.2 Å².